The first-order chi connectivity index (χ1) is 3.35. The lowest BCUT2D eigenvalue weighted by molar-refractivity contribution is 0.143. The van der Waals surface area contributed by atoms with Gasteiger partial charge >= 0.3 is 6.08 Å². The van der Waals surface area contributed by atoms with Crippen molar-refractivity contribution in [2.24, 2.45) is 16.9 Å². The fourth-order valence-electron chi connectivity index (χ4n) is 0.0749. The topological polar surface area (TPSA) is 103 Å². The van der Waals surface area contributed by atoms with Crippen molar-refractivity contribution in [2.45, 2.75) is 0 Å². The highest BCUT2D eigenvalue weighted by Crippen LogP contribution is 1.68. The van der Waals surface area contributed by atoms with E-state index < -0.39 is 6.08 Å². The second-order valence-electron chi connectivity index (χ2n) is 0.602. The van der Waals surface area contributed by atoms with Crippen molar-refractivity contribution in [3.05, 3.63) is 0 Å². The second kappa shape index (κ2) is 3.19. The molecule has 42 valence electrons. The van der Waals surface area contributed by atoms with E-state index in [2.05, 4.69) is 26.6 Å². The first-order valence-corrected chi connectivity index (χ1v) is 1.30. The molecule has 7 heavy (non-hydrogen) atoms. The molecule has 0 aromatic carbocycles. The number of nitrogens with zero attached hydrogens (tertiary/aromatic N) is 1. The van der Waals surface area contributed by atoms with Gasteiger partial charge in [-0.25, -0.2) is 0 Å². The van der Waals surface area contributed by atoms with Gasteiger partial charge in [-0.3, -0.25) is 0 Å². The van der Waals surface area contributed by atoms with Crippen LogP contribution >= 0.6 is 0 Å². The molecule has 0 spiro atoms. The summed E-state index contributed by atoms with van der Waals surface area (Å²) in [5.41, 5.74) is 0. The van der Waals surface area contributed by atoms with Crippen LogP contribution in [0.25, 0.3) is 0 Å². The van der Waals surface area contributed by atoms with Gasteiger partial charge in [0.1, 0.15) is 0 Å². The summed E-state index contributed by atoms with van der Waals surface area (Å²) in [6, 6.07) is 0. The van der Waals surface area contributed by atoms with Gasteiger partial charge in [-0.05, 0) is 5.16 Å². The summed E-state index contributed by atoms with van der Waals surface area (Å²) in [5, 5.41) is 10.1. The number of oxime groups is 1. The van der Waals surface area contributed by atoms with Gasteiger partial charge in [0.05, 0.1) is 0 Å². The van der Waals surface area contributed by atoms with Crippen molar-refractivity contribution in [1.82, 2.24) is 0 Å². The fraction of sp³-hybridized carbons (Fsp3) is 0. The monoisotopic (exact) mass is 107 g/mol. The SMILES string of the molecule is NOC(=NO)ON. The molecule has 0 rings (SSSR count). The molecule has 0 saturated heterocycles. The first kappa shape index (κ1) is 5.99. The zero-order valence-electron chi connectivity index (χ0n) is 3.37. The number of rotatable bonds is 0. The van der Waals surface area contributed by atoms with Gasteiger partial charge in [0.2, 0.25) is 0 Å². The minimum Gasteiger partial charge on any atom is -0.405 e. The molecule has 0 aliphatic rings. The summed E-state index contributed by atoms with van der Waals surface area (Å²) >= 11 is 0. The predicted octanol–water partition coefficient (Wildman–Crippen LogP) is -1.49. The molecule has 0 atom stereocenters. The van der Waals surface area contributed by atoms with Crippen LogP contribution in [0.1, 0.15) is 0 Å². The van der Waals surface area contributed by atoms with Crippen LogP contribution in [0.3, 0.4) is 0 Å². The van der Waals surface area contributed by atoms with Gasteiger partial charge in [-0.2, -0.15) is 11.8 Å². The van der Waals surface area contributed by atoms with Crippen LogP contribution in [0.4, 0.5) is 0 Å². The average Bonchev–Trinajstić information content (AvgIpc) is 1.72. The molecule has 0 aromatic rings. The molecule has 0 amide bonds. The molecule has 0 aliphatic carbocycles. The predicted molar refractivity (Wildman–Crippen MR) is 19.8 cm³/mol. The van der Waals surface area contributed by atoms with Crippen molar-refractivity contribution >= 4 is 6.08 Å². The molecular formula is CH5N3O3. The Morgan fingerprint density at radius 3 is 1.86 bits per heavy atom. The Morgan fingerprint density at radius 1 is 1.43 bits per heavy atom. The van der Waals surface area contributed by atoms with Crippen LogP contribution < -0.4 is 11.8 Å². The molecule has 0 aromatic heterocycles. The van der Waals surface area contributed by atoms with E-state index in [1.165, 1.54) is 0 Å². The van der Waals surface area contributed by atoms with E-state index in [1.54, 1.807) is 0 Å². The molecule has 0 saturated carbocycles. The van der Waals surface area contributed by atoms with Crippen molar-refractivity contribution in [1.29, 1.82) is 0 Å². The van der Waals surface area contributed by atoms with E-state index >= 15 is 0 Å². The van der Waals surface area contributed by atoms with Crippen LogP contribution in [0.15, 0.2) is 5.16 Å². The van der Waals surface area contributed by atoms with Crippen LogP contribution in [-0.4, -0.2) is 11.3 Å². The Kier molecular flexibility index (Phi) is 2.73. The molecular weight excluding hydrogens is 102 g/mol. The third-order valence-corrected chi connectivity index (χ3v) is 0.283. The summed E-state index contributed by atoms with van der Waals surface area (Å²) in [7, 11) is 0. The van der Waals surface area contributed by atoms with Gasteiger partial charge < -0.3 is 14.9 Å². The van der Waals surface area contributed by atoms with Gasteiger partial charge in [-0.1, -0.05) is 0 Å². The Bertz CT molecular complexity index is 64.6. The fourth-order valence-corrected chi connectivity index (χ4v) is 0.0749. The molecule has 5 N–H and O–H groups in total. The smallest absolute Gasteiger partial charge is 0.405 e. The lowest BCUT2D eigenvalue weighted by Gasteiger charge is -1.93. The van der Waals surface area contributed by atoms with Crippen molar-refractivity contribution in [2.75, 3.05) is 0 Å². The third-order valence-electron chi connectivity index (χ3n) is 0.283. The first-order valence-electron chi connectivity index (χ1n) is 1.30. The van der Waals surface area contributed by atoms with E-state index in [0.717, 1.165) is 0 Å². The maximum Gasteiger partial charge on any atom is 0.460 e. The Labute approximate surface area is 39.2 Å². The number of hydrogen-bond acceptors (Lipinski definition) is 6. The van der Waals surface area contributed by atoms with Crippen molar-refractivity contribution in [3.8, 4) is 0 Å². The van der Waals surface area contributed by atoms with Crippen LogP contribution in [0.5, 0.6) is 0 Å². The summed E-state index contributed by atoms with van der Waals surface area (Å²) in [6.07, 6.45) is -0.583. The minimum atomic E-state index is -0.583. The van der Waals surface area contributed by atoms with Gasteiger partial charge in [0, 0.05) is 0 Å². The largest absolute Gasteiger partial charge is 0.460 e. The van der Waals surface area contributed by atoms with Crippen LogP contribution in [0, 0.1) is 0 Å². The molecule has 6 heteroatoms. The molecule has 0 unspecified atom stereocenters. The van der Waals surface area contributed by atoms with E-state index in [4.69, 9.17) is 5.21 Å². The maximum absolute atomic E-state index is 7.70. The highest BCUT2D eigenvalue weighted by Gasteiger charge is 1.92. The Hall–Kier alpha value is -1.01. The van der Waals surface area contributed by atoms with E-state index in [1.807, 2.05) is 0 Å². The molecule has 0 bridgehead atoms. The molecule has 6 nitrogen and oxygen atoms in total. The minimum absolute atomic E-state index is 0.583. The average molecular weight is 107 g/mol. The van der Waals surface area contributed by atoms with E-state index in [0.29, 0.717) is 0 Å². The van der Waals surface area contributed by atoms with Gasteiger partial charge in [-0.15, -0.1) is 0 Å². The summed E-state index contributed by atoms with van der Waals surface area (Å²) in [5.74, 6) is 8.80. The molecule has 0 fully saturated rings. The quantitative estimate of drug-likeness (QED) is 0.151. The third kappa shape index (κ3) is 1.79. The van der Waals surface area contributed by atoms with Crippen LogP contribution in [0.2, 0.25) is 0 Å². The van der Waals surface area contributed by atoms with Gasteiger partial charge in [0.25, 0.3) is 0 Å². The summed E-state index contributed by atoms with van der Waals surface area (Å²) < 4.78 is 0. The zero-order valence-corrected chi connectivity index (χ0v) is 3.37. The Balaban J connectivity index is 3.38. The Morgan fingerprint density at radius 2 is 1.86 bits per heavy atom. The van der Waals surface area contributed by atoms with E-state index in [-0.39, 0.29) is 0 Å². The number of nitrogens with two attached hydrogens (primary N) is 2. The van der Waals surface area contributed by atoms with Crippen molar-refractivity contribution < 1.29 is 14.9 Å². The summed E-state index contributed by atoms with van der Waals surface area (Å²) in [4.78, 5) is 7.40. The maximum atomic E-state index is 7.70. The van der Waals surface area contributed by atoms with E-state index in [9.17, 15) is 0 Å². The molecule has 0 radical (unpaired) electrons. The van der Waals surface area contributed by atoms with Crippen LogP contribution in [-0.2, 0) is 9.68 Å². The van der Waals surface area contributed by atoms with Crippen molar-refractivity contribution in [3.63, 3.8) is 0 Å². The molecule has 0 heterocycles. The summed E-state index contributed by atoms with van der Waals surface area (Å²) in [6.45, 7) is 0. The zero-order chi connectivity index (χ0) is 5.70. The second-order valence-corrected chi connectivity index (χ2v) is 0.602. The highest BCUT2D eigenvalue weighted by molar-refractivity contribution is 5.64. The molecule has 0 aliphatic heterocycles. The van der Waals surface area contributed by atoms with Gasteiger partial charge in [0.15, 0.2) is 0 Å². The lowest BCUT2D eigenvalue weighted by Crippen LogP contribution is -2.17. The normalized spacial score (nSPS) is 7.14. The number of hydrogen-bond donors (Lipinski definition) is 3. The lowest BCUT2D eigenvalue weighted by atomic mass is 11.3. The standard InChI is InChI=1S/CH5N3O3/c2-6-1(4-5)7-3/h5H,2-3H2. The highest BCUT2D eigenvalue weighted by atomic mass is 16.8.